The second-order valence-corrected chi connectivity index (χ2v) is 4.94. The molecule has 0 aromatic heterocycles. The van der Waals surface area contributed by atoms with Crippen LogP contribution in [0.4, 0.5) is 4.79 Å². The number of amides is 2. The summed E-state index contributed by atoms with van der Waals surface area (Å²) in [6.07, 6.45) is 1.72. The first kappa shape index (κ1) is 10.5. The first-order chi connectivity index (χ1) is 6.15. The molecule has 0 unspecified atom stereocenters. The van der Waals surface area contributed by atoms with Gasteiger partial charge in [-0.15, -0.1) is 0 Å². The summed E-state index contributed by atoms with van der Waals surface area (Å²) in [5.74, 6) is 1.46. The smallest absolute Gasteiger partial charge is 0.317 e. The van der Waals surface area contributed by atoms with Crippen LogP contribution in [0.2, 0.25) is 0 Å². The predicted molar refractivity (Wildman–Crippen MR) is 53.1 cm³/mol. The van der Waals surface area contributed by atoms with Crippen molar-refractivity contribution in [3.05, 3.63) is 0 Å². The van der Waals surface area contributed by atoms with Gasteiger partial charge in [-0.2, -0.15) is 0 Å². The highest BCUT2D eigenvalue weighted by Gasteiger charge is 2.23. The lowest BCUT2D eigenvalue weighted by Gasteiger charge is -2.30. The molecule has 1 N–H and O–H groups in total. The molecule has 0 atom stereocenters. The second-order valence-electron chi connectivity index (χ2n) is 3.25. The monoisotopic (exact) mass is 204 g/mol. The molecule has 0 aromatic rings. The largest absolute Gasteiger partial charge is 0.341 e. The van der Waals surface area contributed by atoms with Gasteiger partial charge in [-0.25, -0.2) is 4.79 Å². The number of carbonyl (C=O) groups is 1. The van der Waals surface area contributed by atoms with E-state index in [1.165, 1.54) is 0 Å². The van der Waals surface area contributed by atoms with Crippen LogP contribution in [0, 0.1) is 0 Å². The Morgan fingerprint density at radius 1 is 1.46 bits per heavy atom. The molecule has 0 bridgehead atoms. The van der Waals surface area contributed by atoms with Crippen molar-refractivity contribution in [2.24, 2.45) is 0 Å². The van der Waals surface area contributed by atoms with E-state index in [0.717, 1.165) is 24.3 Å². The highest BCUT2D eigenvalue weighted by molar-refractivity contribution is 7.85. The zero-order valence-electron chi connectivity index (χ0n) is 8.08. The molecule has 0 aliphatic carbocycles. The third kappa shape index (κ3) is 2.69. The minimum absolute atomic E-state index is 0.0577. The average molecular weight is 204 g/mol. The molecule has 0 aromatic carbocycles. The van der Waals surface area contributed by atoms with E-state index >= 15 is 0 Å². The van der Waals surface area contributed by atoms with Crippen LogP contribution in [0.5, 0.6) is 0 Å². The van der Waals surface area contributed by atoms with Gasteiger partial charge >= 0.3 is 6.03 Å². The molecule has 4 nitrogen and oxygen atoms in total. The average Bonchev–Trinajstić information content (AvgIpc) is 2.17. The predicted octanol–water partition coefficient (Wildman–Crippen LogP) is 0.169. The van der Waals surface area contributed by atoms with Crippen LogP contribution in [-0.4, -0.2) is 46.8 Å². The summed E-state index contributed by atoms with van der Waals surface area (Å²) in [4.78, 5) is 12.9. The molecular weight excluding hydrogens is 188 g/mol. The lowest BCUT2D eigenvalue weighted by atomic mass is 10.1. The quantitative estimate of drug-likeness (QED) is 0.662. The van der Waals surface area contributed by atoms with Crippen molar-refractivity contribution in [1.82, 2.24) is 10.2 Å². The molecule has 1 fully saturated rings. The summed E-state index contributed by atoms with van der Waals surface area (Å²) in [6.45, 7) is 0. The molecule has 2 amide bonds. The van der Waals surface area contributed by atoms with Crippen LogP contribution in [0.3, 0.4) is 0 Å². The molecule has 1 heterocycles. The van der Waals surface area contributed by atoms with Crippen LogP contribution in [0.25, 0.3) is 0 Å². The molecule has 0 radical (unpaired) electrons. The topological polar surface area (TPSA) is 49.4 Å². The lowest BCUT2D eigenvalue weighted by molar-refractivity contribution is 0.188. The van der Waals surface area contributed by atoms with Crippen molar-refractivity contribution in [1.29, 1.82) is 0 Å². The number of hydrogen-bond acceptors (Lipinski definition) is 2. The number of urea groups is 1. The van der Waals surface area contributed by atoms with Gasteiger partial charge in [-0.1, -0.05) is 0 Å². The Labute approximate surface area is 81.1 Å². The maximum absolute atomic E-state index is 11.2. The highest BCUT2D eigenvalue weighted by Crippen LogP contribution is 2.14. The second kappa shape index (κ2) is 4.60. The third-order valence-corrected chi connectivity index (χ3v) is 3.82. The molecule has 1 rings (SSSR count). The molecule has 13 heavy (non-hydrogen) atoms. The van der Waals surface area contributed by atoms with E-state index in [0.29, 0.717) is 0 Å². The lowest BCUT2D eigenvalue weighted by Crippen LogP contribution is -2.45. The standard InChI is InChI=1S/C8H16N2O2S/c1-9-8(11)10(2)7-3-5-13(12)6-4-7/h7H,3-6H2,1-2H3,(H,9,11). The SMILES string of the molecule is CNC(=O)N(C)C1CCS(=O)CC1. The van der Waals surface area contributed by atoms with E-state index < -0.39 is 10.8 Å². The minimum atomic E-state index is -0.651. The van der Waals surface area contributed by atoms with Crippen LogP contribution in [0.1, 0.15) is 12.8 Å². The van der Waals surface area contributed by atoms with Crippen molar-refractivity contribution in [2.45, 2.75) is 18.9 Å². The Bertz CT molecular complexity index is 210. The molecule has 5 heteroatoms. The fourth-order valence-electron chi connectivity index (χ4n) is 1.51. The molecule has 0 saturated carbocycles. The van der Waals surface area contributed by atoms with Gasteiger partial charge in [0.15, 0.2) is 0 Å². The first-order valence-electron chi connectivity index (χ1n) is 4.44. The van der Waals surface area contributed by atoms with E-state index in [-0.39, 0.29) is 12.1 Å². The Hall–Kier alpha value is -0.580. The van der Waals surface area contributed by atoms with Crippen molar-refractivity contribution in [3.8, 4) is 0 Å². The Morgan fingerprint density at radius 3 is 2.46 bits per heavy atom. The van der Waals surface area contributed by atoms with Gasteiger partial charge in [0.25, 0.3) is 0 Å². The van der Waals surface area contributed by atoms with E-state index in [1.54, 1.807) is 19.0 Å². The number of hydrogen-bond donors (Lipinski definition) is 1. The number of nitrogens with one attached hydrogen (secondary N) is 1. The normalized spacial score (nSPS) is 28.2. The van der Waals surface area contributed by atoms with Gasteiger partial charge in [0.05, 0.1) is 0 Å². The van der Waals surface area contributed by atoms with Crippen LogP contribution < -0.4 is 5.32 Å². The van der Waals surface area contributed by atoms with E-state index in [1.807, 2.05) is 0 Å². The molecule has 1 saturated heterocycles. The van der Waals surface area contributed by atoms with Crippen molar-refractivity contribution in [2.75, 3.05) is 25.6 Å². The van der Waals surface area contributed by atoms with E-state index in [4.69, 9.17) is 0 Å². The molecule has 76 valence electrons. The fourth-order valence-corrected chi connectivity index (χ4v) is 2.78. The van der Waals surface area contributed by atoms with Crippen LogP contribution in [0.15, 0.2) is 0 Å². The number of carbonyl (C=O) groups excluding carboxylic acids is 1. The van der Waals surface area contributed by atoms with Gasteiger partial charge in [0.1, 0.15) is 0 Å². The van der Waals surface area contributed by atoms with Crippen molar-refractivity contribution >= 4 is 16.8 Å². The third-order valence-electron chi connectivity index (χ3n) is 2.44. The Morgan fingerprint density at radius 2 is 2.00 bits per heavy atom. The summed E-state index contributed by atoms with van der Waals surface area (Å²) in [6, 6.07) is 0.204. The van der Waals surface area contributed by atoms with Crippen molar-refractivity contribution in [3.63, 3.8) is 0 Å². The summed E-state index contributed by atoms with van der Waals surface area (Å²) >= 11 is 0. The minimum Gasteiger partial charge on any atom is -0.341 e. The number of nitrogens with zero attached hydrogens (tertiary/aromatic N) is 1. The maximum atomic E-state index is 11.2. The summed E-state index contributed by atoms with van der Waals surface area (Å²) in [5, 5.41) is 2.58. The Kier molecular flexibility index (Phi) is 3.71. The van der Waals surface area contributed by atoms with Gasteiger partial charge in [-0.05, 0) is 12.8 Å². The molecule has 0 spiro atoms. The van der Waals surface area contributed by atoms with Crippen LogP contribution >= 0.6 is 0 Å². The van der Waals surface area contributed by atoms with Gasteiger partial charge < -0.3 is 10.2 Å². The molecule has 1 aliphatic rings. The first-order valence-corrected chi connectivity index (χ1v) is 5.93. The number of rotatable bonds is 1. The summed E-state index contributed by atoms with van der Waals surface area (Å²) in [7, 11) is 2.76. The summed E-state index contributed by atoms with van der Waals surface area (Å²) < 4.78 is 11.1. The Balaban J connectivity index is 2.44. The van der Waals surface area contributed by atoms with E-state index in [9.17, 15) is 9.00 Å². The highest BCUT2D eigenvalue weighted by atomic mass is 32.2. The van der Waals surface area contributed by atoms with Gasteiger partial charge in [-0.3, -0.25) is 4.21 Å². The summed E-state index contributed by atoms with van der Waals surface area (Å²) in [5.41, 5.74) is 0. The van der Waals surface area contributed by atoms with Gasteiger partial charge in [0, 0.05) is 42.4 Å². The van der Waals surface area contributed by atoms with E-state index in [2.05, 4.69) is 5.32 Å². The van der Waals surface area contributed by atoms with Gasteiger partial charge in [0.2, 0.25) is 0 Å². The fraction of sp³-hybridized carbons (Fsp3) is 0.875. The molecule has 1 aliphatic heterocycles. The molecular formula is C8H16N2O2S. The zero-order chi connectivity index (χ0) is 9.84. The zero-order valence-corrected chi connectivity index (χ0v) is 8.89. The van der Waals surface area contributed by atoms with Crippen molar-refractivity contribution < 1.29 is 9.00 Å². The maximum Gasteiger partial charge on any atom is 0.317 e. The van der Waals surface area contributed by atoms with Crippen LogP contribution in [-0.2, 0) is 10.8 Å².